The molecule has 7 nitrogen and oxygen atoms in total. The summed E-state index contributed by atoms with van der Waals surface area (Å²) < 4.78 is 45.4. The number of carbonyl (C=O) groups excluding carboxylic acids is 3. The molecule has 1 N–H and O–H groups in total. The van der Waals surface area contributed by atoms with Gasteiger partial charge in [0.25, 0.3) is 5.91 Å². The van der Waals surface area contributed by atoms with Gasteiger partial charge in [-0.3, -0.25) is 14.4 Å². The first kappa shape index (κ1) is 28.3. The largest absolute Gasteiger partial charge is 0.491 e. The normalized spacial score (nSPS) is 18.6. The van der Waals surface area contributed by atoms with E-state index in [1.807, 2.05) is 36.4 Å². The lowest BCUT2D eigenvalue weighted by atomic mass is 9.82. The number of amides is 2. The van der Waals surface area contributed by atoms with Crippen LogP contribution >= 0.6 is 0 Å². The van der Waals surface area contributed by atoms with Crippen LogP contribution in [0.1, 0.15) is 57.1 Å². The third-order valence-electron chi connectivity index (χ3n) is 7.08. The smallest absolute Gasteiger partial charge is 0.389 e. The highest BCUT2D eigenvalue weighted by atomic mass is 19.4. The van der Waals surface area contributed by atoms with Crippen LogP contribution < -0.4 is 15.0 Å². The zero-order chi connectivity index (χ0) is 28.2. The highest BCUT2D eigenvalue weighted by Crippen LogP contribution is 2.38. The number of alkyl halides is 3. The molecule has 0 radical (unpaired) electrons. The van der Waals surface area contributed by atoms with E-state index in [-0.39, 0.29) is 12.2 Å². The Kier molecular flexibility index (Phi) is 8.72. The number of rotatable bonds is 9. The number of para-hydroxylation sites is 1. The average Bonchev–Trinajstić information content (AvgIpc) is 3.18. The van der Waals surface area contributed by atoms with Crippen LogP contribution in [0.25, 0.3) is 0 Å². The molecule has 208 valence electrons. The summed E-state index contributed by atoms with van der Waals surface area (Å²) in [5.74, 6) is -3.30. The van der Waals surface area contributed by atoms with Crippen molar-refractivity contribution < 1.29 is 32.3 Å². The van der Waals surface area contributed by atoms with Crippen LogP contribution in [0.4, 0.5) is 18.9 Å². The number of carbonyl (C=O) groups is 3. The number of nitrogens with one attached hydrogen (secondary N) is 1. The first-order chi connectivity index (χ1) is 18.6. The summed E-state index contributed by atoms with van der Waals surface area (Å²) in [5, 5.41) is 2.62. The molecule has 2 aliphatic rings. The molecule has 0 bridgehead atoms. The Balaban J connectivity index is 1.76. The maximum atomic E-state index is 13.9. The zero-order valence-corrected chi connectivity index (χ0v) is 22.0. The van der Waals surface area contributed by atoms with Gasteiger partial charge in [-0.1, -0.05) is 55.8 Å². The number of nitrogens with zero attached hydrogens (tertiary/aromatic N) is 2. The van der Waals surface area contributed by atoms with Gasteiger partial charge in [-0.15, -0.1) is 0 Å². The van der Waals surface area contributed by atoms with Crippen molar-refractivity contribution in [1.29, 1.82) is 0 Å². The van der Waals surface area contributed by atoms with Crippen LogP contribution in [0.2, 0.25) is 0 Å². The third-order valence-corrected chi connectivity index (χ3v) is 7.08. The zero-order valence-electron chi connectivity index (χ0n) is 22.0. The molecule has 2 amide bonds. The van der Waals surface area contributed by atoms with Gasteiger partial charge in [-0.05, 0) is 32.3 Å². The lowest BCUT2D eigenvalue weighted by Crippen LogP contribution is -2.50. The van der Waals surface area contributed by atoms with E-state index in [2.05, 4.69) is 10.3 Å². The summed E-state index contributed by atoms with van der Waals surface area (Å²) in [6.07, 6.45) is -6.34. The number of aliphatic imine (C=N–C) groups is 1. The van der Waals surface area contributed by atoms with E-state index in [1.165, 1.54) is 11.8 Å². The molecule has 2 heterocycles. The Morgan fingerprint density at radius 3 is 2.51 bits per heavy atom. The minimum atomic E-state index is -4.49. The summed E-state index contributed by atoms with van der Waals surface area (Å²) in [6, 6.07) is 14.5. The van der Waals surface area contributed by atoms with E-state index in [0.717, 1.165) is 0 Å². The molecule has 3 atom stereocenters. The number of ether oxygens (including phenoxy) is 1. The fourth-order valence-corrected chi connectivity index (χ4v) is 5.24. The lowest BCUT2D eigenvalue weighted by molar-refractivity contribution is -0.146. The first-order valence-corrected chi connectivity index (χ1v) is 13.2. The molecule has 0 spiro atoms. The fourth-order valence-electron chi connectivity index (χ4n) is 5.24. The van der Waals surface area contributed by atoms with Crippen LogP contribution in [0.15, 0.2) is 53.5 Å². The van der Waals surface area contributed by atoms with Crippen LogP contribution in [0.3, 0.4) is 0 Å². The van der Waals surface area contributed by atoms with E-state index in [9.17, 15) is 27.6 Å². The van der Waals surface area contributed by atoms with E-state index < -0.39 is 48.8 Å². The van der Waals surface area contributed by atoms with E-state index >= 15 is 0 Å². The summed E-state index contributed by atoms with van der Waals surface area (Å²) in [6.45, 7) is 3.80. The second-order valence-corrected chi connectivity index (χ2v) is 9.87. The highest BCUT2D eigenvalue weighted by molar-refractivity contribution is 6.21. The monoisotopic (exact) mass is 543 g/mol. The standard InChI is InChI=1S/C29H32F3N3O4/c1-3-9-20(18(2)36)21(14-15-29(30,31)32)27(37)34-26-28(38)35-16-8-17-39-23-13-7-12-22(25(23)35)24(33-26)19-10-5-4-6-11-19/h4-7,10-13,20-21,26H,3,8-9,14-17H2,1-2H3,(H,34,37)/t20-,21-,26-/m1/s1. The second kappa shape index (κ2) is 12.0. The summed E-state index contributed by atoms with van der Waals surface area (Å²) in [7, 11) is 0. The van der Waals surface area contributed by atoms with Crippen molar-refractivity contribution in [3.8, 4) is 5.75 Å². The van der Waals surface area contributed by atoms with Gasteiger partial charge in [-0.2, -0.15) is 13.2 Å². The number of benzene rings is 2. The van der Waals surface area contributed by atoms with E-state index in [4.69, 9.17) is 4.74 Å². The molecule has 4 rings (SSSR count). The Hall–Kier alpha value is -3.69. The van der Waals surface area contributed by atoms with Gasteiger partial charge in [0, 0.05) is 35.9 Å². The van der Waals surface area contributed by atoms with Gasteiger partial charge >= 0.3 is 6.18 Å². The van der Waals surface area contributed by atoms with Crippen molar-refractivity contribution in [1.82, 2.24) is 5.32 Å². The van der Waals surface area contributed by atoms with Crippen molar-refractivity contribution in [3.63, 3.8) is 0 Å². The minimum Gasteiger partial charge on any atom is -0.491 e. The molecule has 0 saturated carbocycles. The van der Waals surface area contributed by atoms with Crippen LogP contribution in [-0.2, 0) is 14.4 Å². The number of ketones is 1. The molecule has 10 heteroatoms. The quantitative estimate of drug-likeness (QED) is 0.479. The van der Waals surface area contributed by atoms with Crippen LogP contribution in [0, 0.1) is 11.8 Å². The number of halogens is 3. The van der Waals surface area contributed by atoms with Gasteiger partial charge in [0.2, 0.25) is 12.1 Å². The van der Waals surface area contributed by atoms with E-state index in [1.54, 1.807) is 19.1 Å². The number of Topliss-reactive ketones (excluding diaryl/α,β-unsaturated/α-hetero) is 1. The fraction of sp³-hybridized carbons (Fsp3) is 0.448. The highest BCUT2D eigenvalue weighted by Gasteiger charge is 2.40. The average molecular weight is 544 g/mol. The molecule has 39 heavy (non-hydrogen) atoms. The molecule has 2 aromatic carbocycles. The number of anilines is 1. The predicted octanol–water partition coefficient (Wildman–Crippen LogP) is 5.06. The summed E-state index contributed by atoms with van der Waals surface area (Å²) in [4.78, 5) is 46.0. The molecular weight excluding hydrogens is 511 g/mol. The van der Waals surface area contributed by atoms with Gasteiger partial charge in [0.1, 0.15) is 11.5 Å². The second-order valence-electron chi connectivity index (χ2n) is 9.87. The molecule has 0 unspecified atom stereocenters. The molecule has 0 aromatic heterocycles. The number of hydrogen-bond donors (Lipinski definition) is 1. The SMILES string of the molecule is CCC[C@H](C(C)=O)[C@@H](CCC(F)(F)F)C(=O)N[C@H]1N=C(c2ccccc2)c2cccc3c2N(CCCO3)C1=O. The Labute approximate surface area is 225 Å². The summed E-state index contributed by atoms with van der Waals surface area (Å²) >= 11 is 0. The maximum Gasteiger partial charge on any atom is 0.389 e. The van der Waals surface area contributed by atoms with Gasteiger partial charge in [-0.25, -0.2) is 4.99 Å². The van der Waals surface area contributed by atoms with Crippen molar-refractivity contribution in [3.05, 3.63) is 59.7 Å². The van der Waals surface area contributed by atoms with Crippen molar-refractivity contribution >= 4 is 29.0 Å². The van der Waals surface area contributed by atoms with Crippen molar-refractivity contribution in [2.24, 2.45) is 16.8 Å². The topological polar surface area (TPSA) is 88.1 Å². The third kappa shape index (κ3) is 6.49. The molecular formula is C29H32F3N3O4. The molecule has 0 fully saturated rings. The van der Waals surface area contributed by atoms with Crippen molar-refractivity contribution in [2.45, 2.75) is 58.3 Å². The molecule has 2 aromatic rings. The minimum absolute atomic E-state index is 0.265. The Morgan fingerprint density at radius 2 is 1.85 bits per heavy atom. The Morgan fingerprint density at radius 1 is 1.10 bits per heavy atom. The first-order valence-electron chi connectivity index (χ1n) is 13.2. The summed E-state index contributed by atoms with van der Waals surface area (Å²) in [5.41, 5.74) is 2.33. The molecule has 2 aliphatic heterocycles. The van der Waals surface area contributed by atoms with Gasteiger partial charge in [0.15, 0.2) is 0 Å². The van der Waals surface area contributed by atoms with Gasteiger partial charge in [0.05, 0.1) is 18.0 Å². The molecule has 0 saturated heterocycles. The Bertz CT molecular complexity index is 1250. The maximum absolute atomic E-state index is 13.9. The number of hydrogen-bond acceptors (Lipinski definition) is 5. The molecule has 0 aliphatic carbocycles. The van der Waals surface area contributed by atoms with Crippen molar-refractivity contribution in [2.75, 3.05) is 18.1 Å². The van der Waals surface area contributed by atoms with Crippen LogP contribution in [-0.4, -0.2) is 48.8 Å². The lowest BCUT2D eigenvalue weighted by Gasteiger charge is -2.28. The predicted molar refractivity (Wildman–Crippen MR) is 141 cm³/mol. The van der Waals surface area contributed by atoms with Gasteiger partial charge < -0.3 is 15.0 Å². The van der Waals surface area contributed by atoms with E-state index in [0.29, 0.717) is 54.3 Å². The van der Waals surface area contributed by atoms with Crippen LogP contribution in [0.5, 0.6) is 5.75 Å².